The normalized spacial score (nSPS) is 11.5. The van der Waals surface area contributed by atoms with Crippen molar-refractivity contribution >= 4 is 17.2 Å². The molecule has 0 saturated carbocycles. The van der Waals surface area contributed by atoms with E-state index in [4.69, 9.17) is 0 Å². The third-order valence-corrected chi connectivity index (χ3v) is 3.77. The number of benzene rings is 1. The minimum Gasteiger partial charge on any atom is -0.321 e. The van der Waals surface area contributed by atoms with Crippen molar-refractivity contribution in [2.45, 2.75) is 26.2 Å². The van der Waals surface area contributed by atoms with Crippen LogP contribution < -0.4 is 5.32 Å². The molecule has 2 aromatic heterocycles. The van der Waals surface area contributed by atoms with E-state index < -0.39 is 30.1 Å². The molecule has 1 N–H and O–H groups in total. The van der Waals surface area contributed by atoms with Crippen LogP contribution in [0.25, 0.3) is 5.65 Å². The van der Waals surface area contributed by atoms with Crippen molar-refractivity contribution in [3.63, 3.8) is 0 Å². The van der Waals surface area contributed by atoms with Gasteiger partial charge in [-0.1, -0.05) is 19.1 Å². The van der Waals surface area contributed by atoms with Crippen molar-refractivity contribution in [2.75, 3.05) is 5.32 Å². The molecule has 0 bridgehead atoms. The van der Waals surface area contributed by atoms with Gasteiger partial charge in [-0.05, 0) is 30.2 Å². The smallest absolute Gasteiger partial charge is 0.280 e. The monoisotopic (exact) mass is 366 g/mol. The second kappa shape index (κ2) is 7.11. The average Bonchev–Trinajstić information content (AvgIpc) is 3.05. The predicted octanol–water partition coefficient (Wildman–Crippen LogP) is 4.42. The fourth-order valence-corrected chi connectivity index (χ4v) is 2.42. The van der Waals surface area contributed by atoms with E-state index in [-0.39, 0.29) is 11.3 Å². The summed E-state index contributed by atoms with van der Waals surface area (Å²) in [6.45, 7) is 1.99. The molecule has 0 spiro atoms. The van der Waals surface area contributed by atoms with Gasteiger partial charge in [-0.2, -0.15) is 5.10 Å². The number of fused-ring (bicyclic) bond motifs is 1. The SMILES string of the molecule is CCc1ccc(NC(=O)c2cc3nc(C(F)F)cc(C(F)F)n3n2)cc1. The average molecular weight is 366 g/mol. The van der Waals surface area contributed by atoms with Crippen molar-refractivity contribution in [1.82, 2.24) is 14.6 Å². The number of hydrogen-bond donors (Lipinski definition) is 1. The Balaban J connectivity index is 1.94. The Hall–Kier alpha value is -2.97. The summed E-state index contributed by atoms with van der Waals surface area (Å²) in [5.74, 6) is -0.654. The van der Waals surface area contributed by atoms with Gasteiger partial charge in [0.25, 0.3) is 18.8 Å². The van der Waals surface area contributed by atoms with Crippen molar-refractivity contribution in [3.05, 3.63) is 59.0 Å². The van der Waals surface area contributed by atoms with E-state index in [1.807, 2.05) is 19.1 Å². The van der Waals surface area contributed by atoms with Crippen LogP contribution in [0.3, 0.4) is 0 Å². The Labute approximate surface area is 145 Å². The summed E-state index contributed by atoms with van der Waals surface area (Å²) in [5, 5.41) is 6.36. The van der Waals surface area contributed by atoms with Gasteiger partial charge in [-0.3, -0.25) is 4.79 Å². The van der Waals surface area contributed by atoms with Gasteiger partial charge in [0, 0.05) is 11.8 Å². The third kappa shape index (κ3) is 3.51. The van der Waals surface area contributed by atoms with Crippen molar-refractivity contribution in [3.8, 4) is 0 Å². The van der Waals surface area contributed by atoms with Crippen molar-refractivity contribution in [2.24, 2.45) is 0 Å². The van der Waals surface area contributed by atoms with Crippen LogP contribution in [0, 0.1) is 0 Å². The molecule has 26 heavy (non-hydrogen) atoms. The molecule has 0 radical (unpaired) electrons. The molecule has 2 heterocycles. The van der Waals surface area contributed by atoms with Crippen LogP contribution in [-0.2, 0) is 6.42 Å². The van der Waals surface area contributed by atoms with Crippen LogP contribution in [0.4, 0.5) is 23.2 Å². The van der Waals surface area contributed by atoms with Gasteiger partial charge in [0.05, 0.1) is 0 Å². The zero-order chi connectivity index (χ0) is 18.8. The van der Waals surface area contributed by atoms with Gasteiger partial charge in [-0.25, -0.2) is 27.1 Å². The third-order valence-electron chi connectivity index (χ3n) is 3.77. The number of nitrogens with one attached hydrogen (secondary N) is 1. The van der Waals surface area contributed by atoms with Gasteiger partial charge in [0.15, 0.2) is 11.3 Å². The predicted molar refractivity (Wildman–Crippen MR) is 86.7 cm³/mol. The van der Waals surface area contributed by atoms with E-state index in [1.165, 1.54) is 0 Å². The Kier molecular flexibility index (Phi) is 4.88. The topological polar surface area (TPSA) is 59.3 Å². The van der Waals surface area contributed by atoms with Crippen LogP contribution in [0.1, 0.15) is 47.2 Å². The number of nitrogens with zero attached hydrogens (tertiary/aromatic N) is 3. The number of aromatic nitrogens is 3. The number of hydrogen-bond acceptors (Lipinski definition) is 3. The fraction of sp³-hybridized carbons (Fsp3) is 0.235. The number of anilines is 1. The lowest BCUT2D eigenvalue weighted by Gasteiger charge is -2.06. The summed E-state index contributed by atoms with van der Waals surface area (Å²) in [5.41, 5.74) is -0.415. The highest BCUT2D eigenvalue weighted by molar-refractivity contribution is 6.03. The van der Waals surface area contributed by atoms with Crippen molar-refractivity contribution < 1.29 is 22.4 Å². The van der Waals surface area contributed by atoms with E-state index in [9.17, 15) is 22.4 Å². The summed E-state index contributed by atoms with van der Waals surface area (Å²) < 4.78 is 52.6. The number of amides is 1. The van der Waals surface area contributed by atoms with Crippen LogP contribution >= 0.6 is 0 Å². The second-order valence-corrected chi connectivity index (χ2v) is 5.51. The Morgan fingerprint density at radius 1 is 1.12 bits per heavy atom. The molecule has 3 aromatic rings. The first-order valence-corrected chi connectivity index (χ1v) is 7.76. The largest absolute Gasteiger partial charge is 0.321 e. The molecule has 1 amide bonds. The van der Waals surface area contributed by atoms with Crippen LogP contribution in [0.5, 0.6) is 0 Å². The Morgan fingerprint density at radius 2 is 1.81 bits per heavy atom. The Bertz CT molecular complexity index is 938. The maximum atomic E-state index is 13.1. The van der Waals surface area contributed by atoms with Gasteiger partial charge in [-0.15, -0.1) is 0 Å². The van der Waals surface area contributed by atoms with E-state index in [2.05, 4.69) is 15.4 Å². The minimum atomic E-state index is -3.05. The number of rotatable bonds is 5. The maximum absolute atomic E-state index is 13.1. The standard InChI is InChI=1S/C17H14F4N4O/c1-2-9-3-5-10(6-4-9)22-17(26)12-8-14-23-11(15(18)19)7-13(16(20)21)25(14)24-12/h3-8,15-16H,2H2,1H3,(H,22,26). The summed E-state index contributed by atoms with van der Waals surface area (Å²) in [7, 11) is 0. The number of aryl methyl sites for hydroxylation is 1. The molecule has 5 nitrogen and oxygen atoms in total. The minimum absolute atomic E-state index is 0.203. The lowest BCUT2D eigenvalue weighted by Crippen LogP contribution is -2.13. The molecule has 0 aliphatic rings. The van der Waals surface area contributed by atoms with E-state index in [0.29, 0.717) is 16.3 Å². The number of carbonyl (C=O) groups excluding carboxylic acids is 1. The first-order chi connectivity index (χ1) is 12.4. The van der Waals surface area contributed by atoms with E-state index >= 15 is 0 Å². The molecular weight excluding hydrogens is 352 g/mol. The zero-order valence-electron chi connectivity index (χ0n) is 13.6. The lowest BCUT2D eigenvalue weighted by atomic mass is 10.1. The molecule has 1 aromatic carbocycles. The fourth-order valence-electron chi connectivity index (χ4n) is 2.42. The molecule has 0 saturated heterocycles. The highest BCUT2D eigenvalue weighted by Crippen LogP contribution is 2.25. The lowest BCUT2D eigenvalue weighted by molar-refractivity contribution is 0.102. The molecule has 9 heteroatoms. The summed E-state index contributed by atoms with van der Waals surface area (Å²) in [4.78, 5) is 15.9. The van der Waals surface area contributed by atoms with E-state index in [0.717, 1.165) is 18.1 Å². The molecule has 0 unspecified atom stereocenters. The van der Waals surface area contributed by atoms with Crippen molar-refractivity contribution in [1.29, 1.82) is 0 Å². The van der Waals surface area contributed by atoms with Crippen LogP contribution in [-0.4, -0.2) is 20.5 Å². The van der Waals surface area contributed by atoms with E-state index in [1.54, 1.807) is 12.1 Å². The maximum Gasteiger partial charge on any atom is 0.280 e. The molecule has 0 aliphatic carbocycles. The molecule has 0 atom stereocenters. The first kappa shape index (κ1) is 17.8. The van der Waals surface area contributed by atoms with Gasteiger partial charge in [0.1, 0.15) is 11.4 Å². The van der Waals surface area contributed by atoms with Gasteiger partial charge >= 0.3 is 0 Å². The summed E-state index contributed by atoms with van der Waals surface area (Å²) in [6, 6.07) is 8.75. The molecule has 136 valence electrons. The summed E-state index contributed by atoms with van der Waals surface area (Å²) in [6.07, 6.45) is -5.22. The Morgan fingerprint density at radius 3 is 2.38 bits per heavy atom. The zero-order valence-corrected chi connectivity index (χ0v) is 13.6. The molecular formula is C17H14F4N4O. The summed E-state index contributed by atoms with van der Waals surface area (Å²) >= 11 is 0. The molecule has 3 rings (SSSR count). The van der Waals surface area contributed by atoms with Crippen LogP contribution in [0.15, 0.2) is 36.4 Å². The number of alkyl halides is 4. The first-order valence-electron chi connectivity index (χ1n) is 7.76. The highest BCUT2D eigenvalue weighted by atomic mass is 19.3. The van der Waals surface area contributed by atoms with Gasteiger partial charge in [0.2, 0.25) is 0 Å². The second-order valence-electron chi connectivity index (χ2n) is 5.51. The molecule has 0 fully saturated rings. The van der Waals surface area contributed by atoms with Crippen LogP contribution in [0.2, 0.25) is 0 Å². The highest BCUT2D eigenvalue weighted by Gasteiger charge is 2.22. The number of carbonyl (C=O) groups is 1. The van der Waals surface area contributed by atoms with Gasteiger partial charge < -0.3 is 5.32 Å². The molecule has 0 aliphatic heterocycles. The quantitative estimate of drug-likeness (QED) is 0.680. The number of halogens is 4.